The predicted molar refractivity (Wildman–Crippen MR) is 68.2 cm³/mol. The van der Waals surface area contributed by atoms with Crippen LogP contribution in [-0.4, -0.2) is 24.2 Å². The Labute approximate surface area is 107 Å². The highest BCUT2D eigenvalue weighted by Crippen LogP contribution is 2.15. The molecule has 1 aliphatic rings. The molecule has 1 aromatic heterocycles. The van der Waals surface area contributed by atoms with E-state index in [0.29, 0.717) is 18.2 Å². The van der Waals surface area contributed by atoms with Gasteiger partial charge in [-0.05, 0) is 19.3 Å². The number of nitrogens with one attached hydrogen (secondary N) is 1. The van der Waals surface area contributed by atoms with Gasteiger partial charge in [0, 0.05) is 25.2 Å². The van der Waals surface area contributed by atoms with Gasteiger partial charge in [-0.15, -0.1) is 0 Å². The molecule has 0 saturated heterocycles. The highest BCUT2D eigenvalue weighted by Gasteiger charge is 2.20. The van der Waals surface area contributed by atoms with Gasteiger partial charge in [-0.3, -0.25) is 4.68 Å². The van der Waals surface area contributed by atoms with Gasteiger partial charge in [0.05, 0.1) is 6.20 Å². The largest absolute Gasteiger partial charge is 0.309 e. The number of primary sulfonamides is 1. The van der Waals surface area contributed by atoms with Crippen molar-refractivity contribution in [1.82, 2.24) is 15.1 Å². The normalized spacial score (nSPS) is 20.2. The van der Waals surface area contributed by atoms with Crippen molar-refractivity contribution in [3.63, 3.8) is 0 Å². The second-order valence-electron chi connectivity index (χ2n) is 4.51. The smallest absolute Gasteiger partial charge is 0.255 e. The first-order valence-corrected chi connectivity index (χ1v) is 7.45. The summed E-state index contributed by atoms with van der Waals surface area (Å²) in [7, 11) is -2.15. The summed E-state index contributed by atoms with van der Waals surface area (Å²) in [5.74, 6) is 0. The molecule has 18 heavy (non-hydrogen) atoms. The first kappa shape index (κ1) is 13.3. The summed E-state index contributed by atoms with van der Waals surface area (Å²) in [5.41, 5.74) is 0.620. The molecule has 7 heteroatoms. The van der Waals surface area contributed by atoms with Crippen LogP contribution in [0.15, 0.2) is 23.4 Å². The summed E-state index contributed by atoms with van der Waals surface area (Å²) < 4.78 is 24.2. The number of hydrogen-bond acceptors (Lipinski definition) is 4. The summed E-state index contributed by atoms with van der Waals surface area (Å²) in [5, 5.41) is 12.6. The minimum atomic E-state index is -3.73. The summed E-state index contributed by atoms with van der Waals surface area (Å²) >= 11 is 0. The van der Waals surface area contributed by atoms with E-state index in [4.69, 9.17) is 5.14 Å². The maximum Gasteiger partial charge on any atom is 0.255 e. The number of aryl methyl sites for hydroxylation is 1. The van der Waals surface area contributed by atoms with Crippen molar-refractivity contribution < 1.29 is 8.42 Å². The molecule has 3 N–H and O–H groups in total. The van der Waals surface area contributed by atoms with E-state index >= 15 is 0 Å². The molecule has 0 aliphatic heterocycles. The standard InChI is InChI=1S/C11H18N4O2S/c1-15-11(18(12,16)17)9(8-14-15)7-13-10-5-3-2-4-6-10/h2-3,8,10,13H,4-7H2,1H3,(H2,12,16,17). The summed E-state index contributed by atoms with van der Waals surface area (Å²) in [6, 6.07) is 0.392. The highest BCUT2D eigenvalue weighted by atomic mass is 32.2. The molecule has 1 aromatic rings. The van der Waals surface area contributed by atoms with E-state index in [9.17, 15) is 8.42 Å². The van der Waals surface area contributed by atoms with Crippen LogP contribution < -0.4 is 10.5 Å². The molecular formula is C11H18N4O2S. The molecule has 0 aromatic carbocycles. The van der Waals surface area contributed by atoms with E-state index in [1.807, 2.05) is 0 Å². The second-order valence-corrected chi connectivity index (χ2v) is 5.98. The van der Waals surface area contributed by atoms with E-state index in [1.54, 1.807) is 13.2 Å². The number of nitrogens with two attached hydrogens (primary N) is 1. The molecule has 100 valence electrons. The van der Waals surface area contributed by atoms with Crippen molar-refractivity contribution in [1.29, 1.82) is 0 Å². The lowest BCUT2D eigenvalue weighted by molar-refractivity contribution is 0.470. The Bertz CT molecular complexity index is 547. The molecule has 2 rings (SSSR count). The maximum absolute atomic E-state index is 11.5. The Balaban J connectivity index is 2.08. The second kappa shape index (κ2) is 5.21. The van der Waals surface area contributed by atoms with Crippen LogP contribution in [0.4, 0.5) is 0 Å². The van der Waals surface area contributed by atoms with Gasteiger partial charge in [-0.2, -0.15) is 5.10 Å². The Kier molecular flexibility index (Phi) is 3.84. The lowest BCUT2D eigenvalue weighted by atomic mass is 10.0. The van der Waals surface area contributed by atoms with Crippen LogP contribution >= 0.6 is 0 Å². The first-order valence-electron chi connectivity index (χ1n) is 5.90. The third kappa shape index (κ3) is 2.98. The molecule has 1 atom stereocenters. The fraction of sp³-hybridized carbons (Fsp3) is 0.545. The Morgan fingerprint density at radius 1 is 1.56 bits per heavy atom. The number of sulfonamides is 1. The van der Waals surface area contributed by atoms with Gasteiger partial charge in [0.2, 0.25) is 0 Å². The molecule has 1 heterocycles. The Morgan fingerprint density at radius 2 is 2.33 bits per heavy atom. The van der Waals surface area contributed by atoms with Gasteiger partial charge in [-0.25, -0.2) is 13.6 Å². The number of aromatic nitrogens is 2. The van der Waals surface area contributed by atoms with Crippen LogP contribution in [0.1, 0.15) is 24.8 Å². The average molecular weight is 270 g/mol. The monoisotopic (exact) mass is 270 g/mol. The molecule has 0 fully saturated rings. The van der Waals surface area contributed by atoms with Crippen molar-refractivity contribution in [3.8, 4) is 0 Å². The van der Waals surface area contributed by atoms with Crippen LogP contribution in [0.25, 0.3) is 0 Å². The van der Waals surface area contributed by atoms with Gasteiger partial charge in [0.25, 0.3) is 10.0 Å². The van der Waals surface area contributed by atoms with Gasteiger partial charge >= 0.3 is 0 Å². The number of nitrogens with zero attached hydrogens (tertiary/aromatic N) is 2. The van der Waals surface area contributed by atoms with E-state index in [0.717, 1.165) is 19.3 Å². The number of allylic oxidation sites excluding steroid dienone is 1. The lowest BCUT2D eigenvalue weighted by Crippen LogP contribution is -2.30. The van der Waals surface area contributed by atoms with Crippen molar-refractivity contribution in [3.05, 3.63) is 23.9 Å². The molecule has 0 bridgehead atoms. The fourth-order valence-corrected chi connectivity index (χ4v) is 3.10. The van der Waals surface area contributed by atoms with Crippen molar-refractivity contribution in [2.45, 2.75) is 36.9 Å². The first-order chi connectivity index (χ1) is 8.48. The molecule has 0 radical (unpaired) electrons. The SMILES string of the molecule is Cn1ncc(CNC2CC=CCC2)c1S(N)(=O)=O. The summed E-state index contributed by atoms with van der Waals surface area (Å²) in [4.78, 5) is 0. The maximum atomic E-state index is 11.5. The van der Waals surface area contributed by atoms with E-state index < -0.39 is 10.0 Å². The van der Waals surface area contributed by atoms with Crippen molar-refractivity contribution >= 4 is 10.0 Å². The third-order valence-electron chi connectivity index (χ3n) is 3.08. The number of hydrogen-bond donors (Lipinski definition) is 2. The van der Waals surface area contributed by atoms with Gasteiger partial charge in [-0.1, -0.05) is 12.2 Å². The third-order valence-corrected chi connectivity index (χ3v) is 4.14. The zero-order valence-electron chi connectivity index (χ0n) is 10.3. The fourth-order valence-electron chi connectivity index (χ4n) is 2.19. The predicted octanol–water partition coefficient (Wildman–Crippen LogP) is 0.266. The van der Waals surface area contributed by atoms with Crippen molar-refractivity contribution in [2.75, 3.05) is 0 Å². The summed E-state index contributed by atoms with van der Waals surface area (Å²) in [6.07, 6.45) is 8.97. The molecular weight excluding hydrogens is 252 g/mol. The van der Waals surface area contributed by atoms with Crippen LogP contribution in [-0.2, 0) is 23.6 Å². The van der Waals surface area contributed by atoms with E-state index in [1.165, 1.54) is 4.68 Å². The van der Waals surface area contributed by atoms with Gasteiger partial charge < -0.3 is 5.32 Å². The Hall–Kier alpha value is -1.18. The Morgan fingerprint density at radius 3 is 2.94 bits per heavy atom. The van der Waals surface area contributed by atoms with Gasteiger partial charge in [0.1, 0.15) is 0 Å². The van der Waals surface area contributed by atoms with Crippen LogP contribution in [0, 0.1) is 0 Å². The van der Waals surface area contributed by atoms with E-state index in [-0.39, 0.29) is 5.03 Å². The number of rotatable bonds is 4. The molecule has 0 spiro atoms. The van der Waals surface area contributed by atoms with Crippen LogP contribution in [0.5, 0.6) is 0 Å². The minimum Gasteiger partial charge on any atom is -0.309 e. The molecule has 6 nitrogen and oxygen atoms in total. The topological polar surface area (TPSA) is 90.0 Å². The van der Waals surface area contributed by atoms with Crippen LogP contribution in [0.3, 0.4) is 0 Å². The highest BCUT2D eigenvalue weighted by molar-refractivity contribution is 7.89. The molecule has 1 aliphatic carbocycles. The lowest BCUT2D eigenvalue weighted by Gasteiger charge is -2.19. The van der Waals surface area contributed by atoms with Gasteiger partial charge in [0.15, 0.2) is 5.03 Å². The quantitative estimate of drug-likeness (QED) is 0.768. The average Bonchev–Trinajstić information content (AvgIpc) is 2.69. The molecule has 0 saturated carbocycles. The van der Waals surface area contributed by atoms with Crippen LogP contribution in [0.2, 0.25) is 0 Å². The molecule has 1 unspecified atom stereocenters. The minimum absolute atomic E-state index is 0.0846. The van der Waals surface area contributed by atoms with Crippen molar-refractivity contribution in [2.24, 2.45) is 12.2 Å². The zero-order chi connectivity index (χ0) is 13.2. The zero-order valence-corrected chi connectivity index (χ0v) is 11.2. The van der Waals surface area contributed by atoms with E-state index in [2.05, 4.69) is 22.6 Å². The molecule has 0 amide bonds. The summed E-state index contributed by atoms with van der Waals surface area (Å²) in [6.45, 7) is 0.470.